The van der Waals surface area contributed by atoms with E-state index in [-0.39, 0.29) is 21.7 Å². The van der Waals surface area contributed by atoms with Crippen LogP contribution in [-0.2, 0) is 29.6 Å². The Balaban J connectivity index is 1.61. The highest BCUT2D eigenvalue weighted by Gasteiger charge is 2.19. The fourth-order valence-electron chi connectivity index (χ4n) is 4.14. The Hall–Kier alpha value is -3.67. The number of fused-ring (bicyclic) bond motifs is 3. The van der Waals surface area contributed by atoms with Crippen LogP contribution in [0.25, 0.3) is 39.6 Å². The standard InChI is InChI=1S/C25H19N3O9S3/c1-15-6-7-16(23(12-15)39(30,31)32)8-9-17-10-11-18(13-24(17)40(33,34)35)28-26-21-14-22(38-37-36-29)19-4-2-3-5-20(19)25(21)27-28/h2-14,29H,1H3,(H,30,31,32)(H,33,34,35). The monoisotopic (exact) mass is 601 g/mol. The van der Waals surface area contributed by atoms with Crippen molar-refractivity contribution in [2.75, 3.05) is 0 Å². The van der Waals surface area contributed by atoms with E-state index in [1.807, 2.05) is 18.2 Å². The van der Waals surface area contributed by atoms with Crippen LogP contribution >= 0.6 is 12.0 Å². The summed E-state index contributed by atoms with van der Waals surface area (Å²) in [6.07, 6.45) is 2.62. The summed E-state index contributed by atoms with van der Waals surface area (Å²) in [4.78, 5) is 0.955. The first kappa shape index (κ1) is 27.9. The number of aromatic nitrogens is 3. The molecule has 15 heteroatoms. The summed E-state index contributed by atoms with van der Waals surface area (Å²) in [6.45, 7) is 1.66. The third kappa shape index (κ3) is 5.63. The highest BCUT2D eigenvalue weighted by molar-refractivity contribution is 7.94. The molecule has 0 bridgehead atoms. The van der Waals surface area contributed by atoms with E-state index < -0.39 is 25.1 Å². The van der Waals surface area contributed by atoms with Gasteiger partial charge in [0.05, 0.1) is 17.7 Å². The summed E-state index contributed by atoms with van der Waals surface area (Å²) in [5.41, 5.74) is 1.91. The molecule has 5 aromatic rings. The molecule has 0 aliphatic carbocycles. The number of nitrogens with zero attached hydrogens (tertiary/aromatic N) is 3. The summed E-state index contributed by atoms with van der Waals surface area (Å²) in [6, 6.07) is 17.4. The zero-order chi connectivity index (χ0) is 28.7. The van der Waals surface area contributed by atoms with E-state index in [1.165, 1.54) is 47.3 Å². The highest BCUT2D eigenvalue weighted by Crippen LogP contribution is 2.34. The number of rotatable bonds is 8. The average molecular weight is 602 g/mol. The first-order valence-electron chi connectivity index (χ1n) is 11.3. The molecule has 0 amide bonds. The Bertz CT molecular complexity index is 2020. The average Bonchev–Trinajstić information content (AvgIpc) is 3.34. The third-order valence-electron chi connectivity index (χ3n) is 5.90. The van der Waals surface area contributed by atoms with E-state index in [9.17, 15) is 25.9 Å². The van der Waals surface area contributed by atoms with Crippen molar-refractivity contribution in [1.29, 1.82) is 0 Å². The van der Waals surface area contributed by atoms with E-state index in [1.54, 1.807) is 25.1 Å². The lowest BCUT2D eigenvalue weighted by Gasteiger charge is -2.07. The molecule has 0 aliphatic heterocycles. The second-order valence-electron chi connectivity index (χ2n) is 8.55. The van der Waals surface area contributed by atoms with Crippen LogP contribution in [0.3, 0.4) is 0 Å². The van der Waals surface area contributed by atoms with Gasteiger partial charge in [0, 0.05) is 15.7 Å². The molecule has 0 saturated carbocycles. The lowest BCUT2D eigenvalue weighted by atomic mass is 10.1. The van der Waals surface area contributed by atoms with E-state index in [0.717, 1.165) is 17.4 Å². The second-order valence-corrected chi connectivity index (χ2v) is 12.1. The third-order valence-corrected chi connectivity index (χ3v) is 8.37. The minimum absolute atomic E-state index is 0.0510. The number of benzene rings is 4. The first-order valence-corrected chi connectivity index (χ1v) is 14.9. The van der Waals surface area contributed by atoms with Gasteiger partial charge in [0.15, 0.2) is 0 Å². The van der Waals surface area contributed by atoms with Crippen LogP contribution in [-0.4, -0.2) is 46.2 Å². The molecule has 5 rings (SSSR count). The van der Waals surface area contributed by atoms with E-state index in [2.05, 4.69) is 19.6 Å². The molecular weight excluding hydrogens is 582 g/mol. The number of aryl methyl sites for hydroxylation is 1. The molecule has 1 aromatic heterocycles. The molecule has 0 spiro atoms. The minimum Gasteiger partial charge on any atom is -0.282 e. The van der Waals surface area contributed by atoms with Gasteiger partial charge >= 0.3 is 0 Å². The summed E-state index contributed by atoms with van der Waals surface area (Å²) in [7, 11) is -9.29. The van der Waals surface area contributed by atoms with Crippen LogP contribution in [0.15, 0.2) is 81.4 Å². The lowest BCUT2D eigenvalue weighted by molar-refractivity contribution is -0.432. The topological polar surface area (TPSA) is 178 Å². The molecular formula is C25H19N3O9S3. The maximum Gasteiger partial charge on any atom is 0.295 e. The Morgan fingerprint density at radius 3 is 2.10 bits per heavy atom. The van der Waals surface area contributed by atoms with Crippen LogP contribution in [0.2, 0.25) is 0 Å². The maximum absolute atomic E-state index is 12.3. The van der Waals surface area contributed by atoms with Crippen molar-refractivity contribution < 1.29 is 40.6 Å². The summed E-state index contributed by atoms with van der Waals surface area (Å²) >= 11 is 0.762. The Morgan fingerprint density at radius 2 is 1.45 bits per heavy atom. The number of hydrogen-bond donors (Lipinski definition) is 3. The molecule has 3 N–H and O–H groups in total. The van der Waals surface area contributed by atoms with Gasteiger partial charge in [-0.2, -0.15) is 21.6 Å². The van der Waals surface area contributed by atoms with Gasteiger partial charge in [-0.15, -0.1) is 14.5 Å². The predicted octanol–water partition coefficient (Wildman–Crippen LogP) is 4.97. The van der Waals surface area contributed by atoms with E-state index >= 15 is 0 Å². The van der Waals surface area contributed by atoms with Crippen molar-refractivity contribution in [2.45, 2.75) is 21.6 Å². The molecule has 206 valence electrons. The quantitative estimate of drug-likeness (QED) is 0.0716. The number of hydrogen-bond acceptors (Lipinski definition) is 10. The molecule has 0 radical (unpaired) electrons. The first-order chi connectivity index (χ1) is 19.0. The Labute approximate surface area is 232 Å². The van der Waals surface area contributed by atoms with Gasteiger partial charge in [-0.25, -0.2) is 5.26 Å². The largest absolute Gasteiger partial charge is 0.295 e. The fourth-order valence-corrected chi connectivity index (χ4v) is 6.14. The fraction of sp³-hybridized carbons (Fsp3) is 0.0400. The van der Waals surface area contributed by atoms with Gasteiger partial charge in [0.1, 0.15) is 20.8 Å². The van der Waals surface area contributed by atoms with Crippen LogP contribution in [0.4, 0.5) is 0 Å². The van der Waals surface area contributed by atoms with Gasteiger partial charge in [-0.3, -0.25) is 9.11 Å². The minimum atomic E-state index is -4.74. The van der Waals surface area contributed by atoms with Crippen molar-refractivity contribution in [3.63, 3.8) is 0 Å². The van der Waals surface area contributed by atoms with Crippen molar-refractivity contribution >= 4 is 66.2 Å². The van der Waals surface area contributed by atoms with Crippen molar-refractivity contribution in [2.24, 2.45) is 0 Å². The summed E-state index contributed by atoms with van der Waals surface area (Å²) in [5, 5.41) is 22.7. The van der Waals surface area contributed by atoms with Crippen LogP contribution in [0, 0.1) is 6.92 Å². The summed E-state index contributed by atoms with van der Waals surface area (Å²) < 4.78 is 72.4. The molecule has 0 unspecified atom stereocenters. The van der Waals surface area contributed by atoms with Crippen LogP contribution in [0.1, 0.15) is 16.7 Å². The zero-order valence-electron chi connectivity index (χ0n) is 20.4. The molecule has 1 heterocycles. The smallest absolute Gasteiger partial charge is 0.282 e. The molecule has 0 aliphatic rings. The van der Waals surface area contributed by atoms with E-state index in [4.69, 9.17) is 5.26 Å². The Morgan fingerprint density at radius 1 is 0.825 bits per heavy atom. The van der Waals surface area contributed by atoms with Gasteiger partial charge < -0.3 is 0 Å². The normalized spacial score (nSPS) is 12.6. The molecule has 0 atom stereocenters. The molecule has 0 saturated heterocycles. The van der Waals surface area contributed by atoms with Crippen molar-refractivity contribution in [3.8, 4) is 5.69 Å². The van der Waals surface area contributed by atoms with Gasteiger partial charge in [-0.05, 0) is 47.9 Å². The van der Waals surface area contributed by atoms with Crippen molar-refractivity contribution in [1.82, 2.24) is 15.0 Å². The molecule has 40 heavy (non-hydrogen) atoms. The molecule has 4 aromatic carbocycles. The lowest BCUT2D eigenvalue weighted by Crippen LogP contribution is -2.05. The van der Waals surface area contributed by atoms with Crippen LogP contribution in [0.5, 0.6) is 0 Å². The predicted molar refractivity (Wildman–Crippen MR) is 147 cm³/mol. The van der Waals surface area contributed by atoms with Gasteiger partial charge in [0.25, 0.3) is 20.2 Å². The van der Waals surface area contributed by atoms with Crippen LogP contribution < -0.4 is 0 Å². The molecule has 0 fully saturated rings. The van der Waals surface area contributed by atoms with Gasteiger partial charge in [-0.1, -0.05) is 59.7 Å². The van der Waals surface area contributed by atoms with Gasteiger partial charge in [0.2, 0.25) is 0 Å². The zero-order valence-corrected chi connectivity index (χ0v) is 22.8. The molecule has 12 nitrogen and oxygen atoms in total. The van der Waals surface area contributed by atoms with E-state index in [0.29, 0.717) is 26.9 Å². The SMILES string of the molecule is Cc1ccc(C=Cc2ccc(-n3nc4cc(SOOO)c5ccccc5c4n3)cc2S(=O)(=O)O)c(S(=O)(=O)O)c1. The second kappa shape index (κ2) is 10.7. The highest BCUT2D eigenvalue weighted by atomic mass is 32.2. The maximum atomic E-state index is 12.3. The Kier molecular flexibility index (Phi) is 7.47. The van der Waals surface area contributed by atoms with Crippen molar-refractivity contribution in [3.05, 3.63) is 83.4 Å². The summed E-state index contributed by atoms with van der Waals surface area (Å²) in [5.74, 6) is 0.